The summed E-state index contributed by atoms with van der Waals surface area (Å²) in [4.78, 5) is 15.3. The zero-order chi connectivity index (χ0) is 17.4. The summed E-state index contributed by atoms with van der Waals surface area (Å²) in [5.41, 5.74) is 0.885. The molecule has 134 valence electrons. The molecule has 1 aromatic carbocycles. The molecule has 2 atom stereocenters. The second-order valence-electron chi connectivity index (χ2n) is 6.66. The minimum absolute atomic E-state index is 0.0186. The van der Waals surface area contributed by atoms with Crippen molar-refractivity contribution >= 4 is 23.4 Å². The van der Waals surface area contributed by atoms with Crippen LogP contribution in [0.1, 0.15) is 32.6 Å². The number of rotatable bonds is 8. The van der Waals surface area contributed by atoms with Gasteiger partial charge < -0.3 is 10.1 Å². The molecule has 5 heteroatoms. The molecule has 0 saturated heterocycles. The van der Waals surface area contributed by atoms with Crippen LogP contribution in [0.2, 0.25) is 0 Å². The Bertz CT molecular complexity index is 524. The molecule has 0 radical (unpaired) electrons. The van der Waals surface area contributed by atoms with E-state index in [4.69, 9.17) is 4.74 Å². The Morgan fingerprint density at radius 2 is 2.08 bits per heavy atom. The Kier molecular flexibility index (Phi) is 8.09. The van der Waals surface area contributed by atoms with E-state index in [-0.39, 0.29) is 5.91 Å². The van der Waals surface area contributed by atoms with Crippen LogP contribution in [0.15, 0.2) is 29.2 Å². The SMILES string of the molecule is CSc1ccccc1NC(=O)CN(C)CCOC1CCCCC1C. The fourth-order valence-corrected chi connectivity index (χ4v) is 3.71. The highest BCUT2D eigenvalue weighted by Crippen LogP contribution is 2.26. The molecule has 0 aromatic heterocycles. The number of benzene rings is 1. The lowest BCUT2D eigenvalue weighted by Crippen LogP contribution is -2.34. The molecule has 2 rings (SSSR count). The van der Waals surface area contributed by atoms with Crippen molar-refractivity contribution in [1.29, 1.82) is 0 Å². The Morgan fingerprint density at radius 3 is 2.83 bits per heavy atom. The van der Waals surface area contributed by atoms with E-state index < -0.39 is 0 Å². The fraction of sp³-hybridized carbons (Fsp3) is 0.632. The van der Waals surface area contributed by atoms with Crippen LogP contribution in [0.4, 0.5) is 5.69 Å². The molecule has 0 bridgehead atoms. The van der Waals surface area contributed by atoms with Crippen LogP contribution in [-0.4, -0.2) is 49.9 Å². The summed E-state index contributed by atoms with van der Waals surface area (Å²) in [6.45, 7) is 4.14. The lowest BCUT2D eigenvalue weighted by atomic mass is 9.88. The number of ether oxygens (including phenoxy) is 1. The van der Waals surface area contributed by atoms with Crippen molar-refractivity contribution in [2.75, 3.05) is 38.3 Å². The first-order valence-electron chi connectivity index (χ1n) is 8.83. The molecule has 1 aliphatic carbocycles. The number of thioether (sulfide) groups is 1. The maximum absolute atomic E-state index is 12.2. The van der Waals surface area contributed by atoms with Gasteiger partial charge in [0.25, 0.3) is 0 Å². The fourth-order valence-electron chi connectivity index (χ4n) is 3.15. The molecule has 1 N–H and O–H groups in total. The summed E-state index contributed by atoms with van der Waals surface area (Å²) >= 11 is 1.64. The Balaban J connectivity index is 1.69. The number of hydrogen-bond acceptors (Lipinski definition) is 4. The largest absolute Gasteiger partial charge is 0.377 e. The molecule has 1 aliphatic rings. The van der Waals surface area contributed by atoms with Crippen molar-refractivity contribution in [1.82, 2.24) is 4.90 Å². The lowest BCUT2D eigenvalue weighted by Gasteiger charge is -2.29. The van der Waals surface area contributed by atoms with Gasteiger partial charge in [0.15, 0.2) is 0 Å². The first-order valence-corrected chi connectivity index (χ1v) is 10.1. The average molecular weight is 351 g/mol. The Labute approximate surface area is 150 Å². The van der Waals surface area contributed by atoms with Gasteiger partial charge in [-0.2, -0.15) is 0 Å². The van der Waals surface area contributed by atoms with Gasteiger partial charge in [-0.25, -0.2) is 0 Å². The van der Waals surface area contributed by atoms with Crippen molar-refractivity contribution < 1.29 is 9.53 Å². The molecule has 0 aliphatic heterocycles. The van der Waals surface area contributed by atoms with Gasteiger partial charge in [-0.1, -0.05) is 31.9 Å². The predicted molar refractivity (Wildman–Crippen MR) is 102 cm³/mol. The van der Waals surface area contributed by atoms with Crippen LogP contribution in [0, 0.1) is 5.92 Å². The number of carbonyl (C=O) groups excluding carboxylic acids is 1. The van der Waals surface area contributed by atoms with E-state index in [0.29, 0.717) is 25.2 Å². The predicted octanol–water partition coefficient (Wildman–Crippen LogP) is 3.87. The topological polar surface area (TPSA) is 41.6 Å². The third kappa shape index (κ3) is 6.11. The number of para-hydroxylation sites is 1. The van der Waals surface area contributed by atoms with Gasteiger partial charge in [0.2, 0.25) is 5.91 Å². The second-order valence-corrected chi connectivity index (χ2v) is 7.51. The van der Waals surface area contributed by atoms with E-state index >= 15 is 0 Å². The van der Waals surface area contributed by atoms with Gasteiger partial charge >= 0.3 is 0 Å². The average Bonchev–Trinajstić information content (AvgIpc) is 2.57. The van der Waals surface area contributed by atoms with Crippen molar-refractivity contribution in [3.8, 4) is 0 Å². The first-order chi connectivity index (χ1) is 11.6. The lowest BCUT2D eigenvalue weighted by molar-refractivity contribution is -0.117. The minimum atomic E-state index is 0.0186. The molecule has 1 fully saturated rings. The summed E-state index contributed by atoms with van der Waals surface area (Å²) in [5.74, 6) is 0.681. The van der Waals surface area contributed by atoms with E-state index in [2.05, 4.69) is 12.2 Å². The van der Waals surface area contributed by atoms with Crippen molar-refractivity contribution in [3.63, 3.8) is 0 Å². The molecule has 4 nitrogen and oxygen atoms in total. The van der Waals surface area contributed by atoms with Crippen LogP contribution in [-0.2, 0) is 9.53 Å². The third-order valence-corrected chi connectivity index (χ3v) is 5.43. The normalized spacial score (nSPS) is 21.0. The summed E-state index contributed by atoms with van der Waals surface area (Å²) < 4.78 is 6.03. The molecule has 1 saturated carbocycles. The van der Waals surface area contributed by atoms with Crippen LogP contribution in [0.5, 0.6) is 0 Å². The third-order valence-electron chi connectivity index (χ3n) is 4.63. The Hall–Kier alpha value is -1.04. The number of nitrogens with zero attached hydrogens (tertiary/aromatic N) is 1. The van der Waals surface area contributed by atoms with Crippen LogP contribution in [0.25, 0.3) is 0 Å². The van der Waals surface area contributed by atoms with E-state index in [0.717, 1.165) is 17.1 Å². The highest BCUT2D eigenvalue weighted by Gasteiger charge is 2.21. The molecular weight excluding hydrogens is 320 g/mol. The number of hydrogen-bond donors (Lipinski definition) is 1. The molecule has 1 amide bonds. The standard InChI is InChI=1S/C19H30N2O2S/c1-15-8-4-6-10-17(15)23-13-12-21(2)14-19(22)20-16-9-5-7-11-18(16)24-3/h5,7,9,11,15,17H,4,6,8,10,12-14H2,1-3H3,(H,20,22). The number of carbonyl (C=O) groups is 1. The minimum Gasteiger partial charge on any atom is -0.377 e. The summed E-state index contributed by atoms with van der Waals surface area (Å²) in [5, 5.41) is 3.00. The van der Waals surface area contributed by atoms with Crippen LogP contribution in [0.3, 0.4) is 0 Å². The van der Waals surface area contributed by atoms with Gasteiger partial charge in [-0.15, -0.1) is 11.8 Å². The molecule has 24 heavy (non-hydrogen) atoms. The molecule has 0 spiro atoms. The van der Waals surface area contributed by atoms with Crippen molar-refractivity contribution in [2.24, 2.45) is 5.92 Å². The quantitative estimate of drug-likeness (QED) is 0.723. The van der Waals surface area contributed by atoms with Gasteiger partial charge in [0, 0.05) is 11.4 Å². The number of likely N-dealkylation sites (N-methyl/N-ethyl adjacent to an activating group) is 1. The molecule has 0 heterocycles. The van der Waals surface area contributed by atoms with Crippen LogP contribution < -0.4 is 5.32 Å². The monoisotopic (exact) mass is 350 g/mol. The van der Waals surface area contributed by atoms with E-state index in [1.54, 1.807) is 11.8 Å². The summed E-state index contributed by atoms with van der Waals surface area (Å²) in [6.07, 6.45) is 7.48. The zero-order valence-corrected chi connectivity index (χ0v) is 15.9. The van der Waals surface area contributed by atoms with E-state index in [9.17, 15) is 4.79 Å². The number of amides is 1. The number of anilines is 1. The van der Waals surface area contributed by atoms with Gasteiger partial charge in [0.05, 0.1) is 24.9 Å². The van der Waals surface area contributed by atoms with E-state index in [1.165, 1.54) is 25.7 Å². The molecular formula is C19H30N2O2S. The molecule has 1 aromatic rings. The highest BCUT2D eigenvalue weighted by molar-refractivity contribution is 7.98. The second kappa shape index (κ2) is 10.1. The Morgan fingerprint density at radius 1 is 1.33 bits per heavy atom. The first kappa shape index (κ1) is 19.3. The van der Waals surface area contributed by atoms with Gasteiger partial charge in [-0.05, 0) is 44.2 Å². The highest BCUT2D eigenvalue weighted by atomic mass is 32.2. The smallest absolute Gasteiger partial charge is 0.238 e. The van der Waals surface area contributed by atoms with Crippen molar-refractivity contribution in [2.45, 2.75) is 43.6 Å². The maximum Gasteiger partial charge on any atom is 0.238 e. The van der Waals surface area contributed by atoms with E-state index in [1.807, 2.05) is 42.5 Å². The van der Waals surface area contributed by atoms with Crippen LogP contribution >= 0.6 is 11.8 Å². The van der Waals surface area contributed by atoms with Gasteiger partial charge in [-0.3, -0.25) is 9.69 Å². The number of nitrogens with one attached hydrogen (secondary N) is 1. The van der Waals surface area contributed by atoms with Gasteiger partial charge in [0.1, 0.15) is 0 Å². The zero-order valence-electron chi connectivity index (χ0n) is 15.1. The maximum atomic E-state index is 12.2. The summed E-state index contributed by atoms with van der Waals surface area (Å²) in [7, 11) is 1.97. The van der Waals surface area contributed by atoms with Crippen molar-refractivity contribution in [3.05, 3.63) is 24.3 Å². The summed E-state index contributed by atoms with van der Waals surface area (Å²) in [6, 6.07) is 7.88. The molecule has 2 unspecified atom stereocenters.